The van der Waals surface area contributed by atoms with E-state index in [9.17, 15) is 14.4 Å². The number of fused-ring (bicyclic) bond motifs is 3. The second-order valence-corrected chi connectivity index (χ2v) is 11.7. The molecule has 1 heterocycles. The highest BCUT2D eigenvalue weighted by molar-refractivity contribution is 6.09. The van der Waals surface area contributed by atoms with Crippen molar-refractivity contribution in [2.45, 2.75) is 78.4 Å². The topological polar surface area (TPSA) is 97.6 Å². The van der Waals surface area contributed by atoms with Gasteiger partial charge in [0.05, 0.1) is 0 Å². The fraction of sp³-hybridized carbons (Fsp3) is 0.364. The smallest absolute Gasteiger partial charge is 0.329 e. The first-order chi connectivity index (χ1) is 18.8. The van der Waals surface area contributed by atoms with Crippen molar-refractivity contribution in [2.75, 3.05) is 5.32 Å². The van der Waals surface area contributed by atoms with Crippen molar-refractivity contribution in [1.82, 2.24) is 5.32 Å². The SMILES string of the molecule is CC(C)c1cccc(C(C)C)c1NC(=O)N[C@@H](CC(=O)c1ccc2oc3ccccc3c2c1)C(=O)OC(C)(C)C. The first kappa shape index (κ1) is 28.9. The lowest BCUT2D eigenvalue weighted by atomic mass is 9.93. The number of benzene rings is 3. The summed E-state index contributed by atoms with van der Waals surface area (Å²) in [6.07, 6.45) is -0.257. The highest BCUT2D eigenvalue weighted by atomic mass is 16.6. The number of carbonyl (C=O) groups excluding carboxylic acids is 3. The number of ether oxygens (including phenoxy) is 1. The van der Waals surface area contributed by atoms with E-state index in [1.165, 1.54) is 0 Å². The van der Waals surface area contributed by atoms with Crippen LogP contribution in [0.1, 0.15) is 88.2 Å². The maximum atomic E-state index is 13.4. The van der Waals surface area contributed by atoms with E-state index in [1.807, 2.05) is 42.5 Å². The molecule has 7 heteroatoms. The van der Waals surface area contributed by atoms with E-state index in [1.54, 1.807) is 39.0 Å². The molecule has 0 saturated heterocycles. The number of anilines is 1. The Morgan fingerprint density at radius 2 is 1.45 bits per heavy atom. The van der Waals surface area contributed by atoms with Crippen LogP contribution in [0.3, 0.4) is 0 Å². The van der Waals surface area contributed by atoms with E-state index in [0.29, 0.717) is 11.1 Å². The predicted octanol–water partition coefficient (Wildman–Crippen LogP) is 7.94. The molecule has 2 amide bonds. The number of para-hydroxylation sites is 2. The van der Waals surface area contributed by atoms with E-state index < -0.39 is 23.6 Å². The Morgan fingerprint density at radius 1 is 0.825 bits per heavy atom. The van der Waals surface area contributed by atoms with Crippen molar-refractivity contribution >= 4 is 45.4 Å². The minimum Gasteiger partial charge on any atom is -0.458 e. The summed E-state index contributed by atoms with van der Waals surface area (Å²) in [6, 6.07) is 17.0. The average Bonchev–Trinajstić information content (AvgIpc) is 3.25. The molecule has 1 atom stereocenters. The molecule has 0 spiro atoms. The predicted molar refractivity (Wildman–Crippen MR) is 159 cm³/mol. The Kier molecular flexibility index (Phi) is 8.33. The lowest BCUT2D eigenvalue weighted by molar-refractivity contribution is -0.157. The van der Waals surface area contributed by atoms with E-state index in [-0.39, 0.29) is 24.0 Å². The van der Waals surface area contributed by atoms with Gasteiger partial charge in [-0.05, 0) is 68.0 Å². The van der Waals surface area contributed by atoms with Gasteiger partial charge in [0.15, 0.2) is 5.78 Å². The van der Waals surface area contributed by atoms with Crippen LogP contribution in [0.5, 0.6) is 0 Å². The number of amides is 2. The van der Waals surface area contributed by atoms with E-state index >= 15 is 0 Å². The van der Waals surface area contributed by atoms with Crippen LogP contribution >= 0.6 is 0 Å². The Labute approximate surface area is 235 Å². The van der Waals surface area contributed by atoms with Crippen molar-refractivity contribution in [1.29, 1.82) is 0 Å². The quantitative estimate of drug-likeness (QED) is 0.174. The van der Waals surface area contributed by atoms with Gasteiger partial charge in [0.25, 0.3) is 0 Å². The summed E-state index contributed by atoms with van der Waals surface area (Å²) in [4.78, 5) is 39.9. The normalized spacial score (nSPS) is 12.6. The van der Waals surface area contributed by atoms with Gasteiger partial charge in [0.2, 0.25) is 0 Å². The number of hydrogen-bond donors (Lipinski definition) is 2. The molecule has 3 aromatic carbocycles. The van der Waals surface area contributed by atoms with Gasteiger partial charge in [-0.3, -0.25) is 4.79 Å². The standard InChI is InChI=1S/C33H38N2O5/c1-19(2)22-12-10-13-23(20(3)4)30(22)35-32(38)34-26(31(37)40-33(5,6)7)18-27(36)21-15-16-29-25(17-21)24-11-8-9-14-28(24)39-29/h8-17,19-20,26H,18H2,1-7H3,(H2,34,35,38)/t26-/m0/s1. The molecule has 0 aliphatic rings. The molecule has 0 bridgehead atoms. The lowest BCUT2D eigenvalue weighted by Crippen LogP contribution is -2.47. The summed E-state index contributed by atoms with van der Waals surface area (Å²) in [5.41, 5.74) is 3.73. The van der Waals surface area contributed by atoms with Crippen molar-refractivity contribution in [3.05, 3.63) is 77.4 Å². The van der Waals surface area contributed by atoms with Crippen LogP contribution in [0.25, 0.3) is 21.9 Å². The van der Waals surface area contributed by atoms with Crippen LogP contribution in [-0.2, 0) is 9.53 Å². The van der Waals surface area contributed by atoms with Crippen molar-refractivity contribution < 1.29 is 23.5 Å². The number of furan rings is 1. The number of Topliss-reactive ketones (excluding diaryl/α,β-unsaturated/α-hetero) is 1. The molecule has 40 heavy (non-hydrogen) atoms. The second-order valence-electron chi connectivity index (χ2n) is 11.7. The number of carbonyl (C=O) groups is 3. The Morgan fingerprint density at radius 3 is 2.08 bits per heavy atom. The molecule has 1 aromatic heterocycles. The third-order valence-corrected chi connectivity index (χ3v) is 6.70. The van der Waals surface area contributed by atoms with Crippen molar-refractivity contribution in [3.8, 4) is 0 Å². The van der Waals surface area contributed by atoms with E-state index in [0.717, 1.165) is 33.2 Å². The Bertz CT molecular complexity index is 1530. The first-order valence-electron chi connectivity index (χ1n) is 13.7. The van der Waals surface area contributed by atoms with Gasteiger partial charge in [0, 0.05) is 28.4 Å². The van der Waals surface area contributed by atoms with Crippen molar-refractivity contribution in [2.24, 2.45) is 0 Å². The van der Waals surface area contributed by atoms with Crippen LogP contribution in [0, 0.1) is 0 Å². The molecule has 0 radical (unpaired) electrons. The number of urea groups is 1. The summed E-state index contributed by atoms with van der Waals surface area (Å²) in [5, 5.41) is 7.39. The fourth-order valence-corrected chi connectivity index (χ4v) is 4.77. The van der Waals surface area contributed by atoms with Crippen LogP contribution in [0.2, 0.25) is 0 Å². The maximum Gasteiger partial charge on any atom is 0.329 e. The zero-order valence-electron chi connectivity index (χ0n) is 24.3. The number of hydrogen-bond acceptors (Lipinski definition) is 5. The van der Waals surface area contributed by atoms with Gasteiger partial charge in [-0.2, -0.15) is 0 Å². The van der Waals surface area contributed by atoms with Crippen LogP contribution in [-0.4, -0.2) is 29.4 Å². The molecule has 4 rings (SSSR count). The van der Waals surface area contributed by atoms with Crippen LogP contribution in [0.15, 0.2) is 65.1 Å². The lowest BCUT2D eigenvalue weighted by Gasteiger charge is -2.25. The van der Waals surface area contributed by atoms with Crippen LogP contribution < -0.4 is 10.6 Å². The largest absolute Gasteiger partial charge is 0.458 e. The summed E-state index contributed by atoms with van der Waals surface area (Å²) in [5.74, 6) is -0.627. The zero-order valence-corrected chi connectivity index (χ0v) is 24.3. The van der Waals surface area contributed by atoms with E-state index in [2.05, 4.69) is 38.3 Å². The molecular formula is C33H38N2O5. The molecule has 0 aliphatic carbocycles. The van der Waals surface area contributed by atoms with E-state index in [4.69, 9.17) is 9.15 Å². The number of ketones is 1. The third-order valence-electron chi connectivity index (χ3n) is 6.70. The van der Waals surface area contributed by atoms with Gasteiger partial charge in [-0.1, -0.05) is 64.1 Å². The Balaban J connectivity index is 1.60. The third kappa shape index (κ3) is 6.53. The monoisotopic (exact) mass is 542 g/mol. The molecule has 2 N–H and O–H groups in total. The average molecular weight is 543 g/mol. The molecule has 0 unspecified atom stereocenters. The second kappa shape index (κ2) is 11.5. The summed E-state index contributed by atoms with van der Waals surface area (Å²) < 4.78 is 11.5. The highest BCUT2D eigenvalue weighted by Crippen LogP contribution is 2.33. The van der Waals surface area contributed by atoms with Crippen molar-refractivity contribution in [3.63, 3.8) is 0 Å². The summed E-state index contributed by atoms with van der Waals surface area (Å²) >= 11 is 0. The molecule has 4 aromatic rings. The highest BCUT2D eigenvalue weighted by Gasteiger charge is 2.30. The van der Waals surface area contributed by atoms with Crippen LogP contribution in [0.4, 0.5) is 10.5 Å². The molecular weight excluding hydrogens is 504 g/mol. The summed E-state index contributed by atoms with van der Waals surface area (Å²) in [6.45, 7) is 13.5. The number of nitrogens with one attached hydrogen (secondary N) is 2. The fourth-order valence-electron chi connectivity index (χ4n) is 4.77. The molecule has 0 fully saturated rings. The summed E-state index contributed by atoms with van der Waals surface area (Å²) in [7, 11) is 0. The van der Waals surface area contributed by atoms with Gasteiger partial charge >= 0.3 is 12.0 Å². The molecule has 0 saturated carbocycles. The molecule has 0 aliphatic heterocycles. The molecule has 210 valence electrons. The van der Waals surface area contributed by atoms with Gasteiger partial charge < -0.3 is 19.8 Å². The minimum absolute atomic E-state index is 0.172. The van der Waals surface area contributed by atoms with Gasteiger partial charge in [-0.25, -0.2) is 9.59 Å². The number of esters is 1. The minimum atomic E-state index is -1.18. The van der Waals surface area contributed by atoms with Gasteiger partial charge in [0.1, 0.15) is 22.8 Å². The maximum absolute atomic E-state index is 13.4. The first-order valence-corrected chi connectivity index (χ1v) is 13.7. The zero-order chi connectivity index (χ0) is 29.2. The Hall–Kier alpha value is -4.13. The number of rotatable bonds is 8. The van der Waals surface area contributed by atoms with Gasteiger partial charge in [-0.15, -0.1) is 0 Å². The molecule has 7 nitrogen and oxygen atoms in total.